The zero-order chi connectivity index (χ0) is 24.8. The van der Waals surface area contributed by atoms with E-state index in [0.717, 1.165) is 12.1 Å². The summed E-state index contributed by atoms with van der Waals surface area (Å²) in [6.45, 7) is 1.27. The van der Waals surface area contributed by atoms with E-state index in [1.165, 1.54) is 12.1 Å². The summed E-state index contributed by atoms with van der Waals surface area (Å²) in [5, 5.41) is 5.64. The molecule has 0 radical (unpaired) electrons. The lowest BCUT2D eigenvalue weighted by atomic mass is 9.90. The Kier molecular flexibility index (Phi) is 7.52. The molecular formula is C27H27FN4O3. The number of likely N-dealkylation sites (N-methyl/N-ethyl adjacent to an activating group) is 1. The Morgan fingerprint density at radius 2 is 1.71 bits per heavy atom. The molecule has 0 bridgehead atoms. The molecule has 3 aromatic carbocycles. The van der Waals surface area contributed by atoms with Crippen molar-refractivity contribution in [1.82, 2.24) is 15.2 Å². The van der Waals surface area contributed by atoms with Gasteiger partial charge in [-0.05, 0) is 68.0 Å². The quantitative estimate of drug-likeness (QED) is 0.379. The smallest absolute Gasteiger partial charge is 0.302 e. The fourth-order valence-corrected chi connectivity index (χ4v) is 3.70. The lowest BCUT2D eigenvalue weighted by Gasteiger charge is -2.17. The Balaban J connectivity index is 1.54. The van der Waals surface area contributed by atoms with Gasteiger partial charge >= 0.3 is 6.01 Å². The number of anilines is 1. The molecule has 0 fully saturated rings. The Morgan fingerprint density at radius 3 is 2.40 bits per heavy atom. The summed E-state index contributed by atoms with van der Waals surface area (Å²) < 4.78 is 19.1. The average Bonchev–Trinajstić information content (AvgIpc) is 3.25. The van der Waals surface area contributed by atoms with Crippen LogP contribution in [0.1, 0.15) is 27.4 Å². The van der Waals surface area contributed by atoms with Crippen LogP contribution < -0.4 is 10.6 Å². The number of hydrogen-bond acceptors (Lipinski definition) is 5. The molecule has 8 heteroatoms. The van der Waals surface area contributed by atoms with E-state index in [1.54, 1.807) is 48.5 Å². The second kappa shape index (κ2) is 10.9. The Hall–Kier alpha value is -4.04. The van der Waals surface area contributed by atoms with Crippen molar-refractivity contribution in [3.05, 3.63) is 95.3 Å². The van der Waals surface area contributed by atoms with Gasteiger partial charge in [-0.1, -0.05) is 36.4 Å². The first-order chi connectivity index (χ1) is 16.9. The lowest BCUT2D eigenvalue weighted by Crippen LogP contribution is -2.31. The second-order valence-electron chi connectivity index (χ2n) is 8.54. The highest BCUT2D eigenvalue weighted by molar-refractivity contribution is 5.96. The molecule has 35 heavy (non-hydrogen) atoms. The molecule has 0 aliphatic carbocycles. The molecule has 4 rings (SSSR count). The lowest BCUT2D eigenvalue weighted by molar-refractivity contribution is -0.117. The summed E-state index contributed by atoms with van der Waals surface area (Å²) in [7, 11) is 3.88. The molecule has 2 amide bonds. The van der Waals surface area contributed by atoms with Gasteiger partial charge in [0.2, 0.25) is 5.91 Å². The molecule has 0 aliphatic rings. The minimum absolute atomic E-state index is 0.109. The van der Waals surface area contributed by atoms with Crippen molar-refractivity contribution >= 4 is 28.9 Å². The van der Waals surface area contributed by atoms with Crippen LogP contribution in [0.15, 0.2) is 77.2 Å². The van der Waals surface area contributed by atoms with Gasteiger partial charge in [0.25, 0.3) is 5.91 Å². The molecule has 7 nitrogen and oxygen atoms in total. The number of halogens is 1. The number of nitrogens with zero attached hydrogens (tertiary/aromatic N) is 2. The molecule has 0 saturated heterocycles. The predicted octanol–water partition coefficient (Wildman–Crippen LogP) is 4.22. The van der Waals surface area contributed by atoms with Crippen molar-refractivity contribution in [1.29, 1.82) is 0 Å². The van der Waals surface area contributed by atoms with Crippen LogP contribution >= 0.6 is 0 Å². The van der Waals surface area contributed by atoms with Crippen LogP contribution in [0.5, 0.6) is 0 Å². The van der Waals surface area contributed by atoms with Crippen molar-refractivity contribution in [3.8, 4) is 0 Å². The first-order valence-electron chi connectivity index (χ1n) is 11.3. The Bertz CT molecular complexity index is 1270. The number of fused-ring (bicyclic) bond motifs is 1. The molecule has 1 atom stereocenters. The molecule has 4 aromatic rings. The van der Waals surface area contributed by atoms with E-state index >= 15 is 0 Å². The maximum absolute atomic E-state index is 13.4. The van der Waals surface area contributed by atoms with Gasteiger partial charge in [0, 0.05) is 18.7 Å². The highest BCUT2D eigenvalue weighted by atomic mass is 19.1. The molecule has 0 aliphatic heterocycles. The van der Waals surface area contributed by atoms with Crippen molar-refractivity contribution in [2.24, 2.45) is 0 Å². The zero-order valence-corrected chi connectivity index (χ0v) is 19.6. The minimum atomic E-state index is -0.610. The summed E-state index contributed by atoms with van der Waals surface area (Å²) in [6, 6.07) is 20.3. The topological polar surface area (TPSA) is 87.5 Å². The number of benzene rings is 3. The van der Waals surface area contributed by atoms with E-state index in [9.17, 15) is 14.0 Å². The third kappa shape index (κ3) is 6.30. The van der Waals surface area contributed by atoms with Gasteiger partial charge in [0.15, 0.2) is 5.58 Å². The van der Waals surface area contributed by atoms with Crippen molar-refractivity contribution in [2.45, 2.75) is 12.3 Å². The van der Waals surface area contributed by atoms with Crippen molar-refractivity contribution in [3.63, 3.8) is 0 Å². The number of oxazole rings is 1. The van der Waals surface area contributed by atoms with Gasteiger partial charge in [-0.3, -0.25) is 14.9 Å². The molecule has 1 unspecified atom stereocenters. The minimum Gasteiger partial charge on any atom is -0.423 e. The van der Waals surface area contributed by atoms with Crippen LogP contribution in [0.2, 0.25) is 0 Å². The number of amides is 2. The molecule has 1 heterocycles. The van der Waals surface area contributed by atoms with Crippen LogP contribution in [-0.4, -0.2) is 48.9 Å². The molecule has 0 spiro atoms. The number of hydrogen-bond donors (Lipinski definition) is 2. The van der Waals surface area contributed by atoms with Crippen molar-refractivity contribution < 1.29 is 18.4 Å². The number of carbonyl (C=O) groups excluding carboxylic acids is 2. The maximum atomic E-state index is 13.4. The standard InChI is InChI=1S/C27H27FN4O3/c1-32(2)16-15-29-25(33)20-11-9-19(10-12-20)22(17-18-7-13-21(28)14-8-18)26(34)31-27-30-23-5-3-4-6-24(23)35-27/h3-14,22H,15-17H2,1-2H3,(H,29,33)(H,30,31,34). The van der Waals surface area contributed by atoms with E-state index < -0.39 is 5.92 Å². The predicted molar refractivity (Wildman–Crippen MR) is 133 cm³/mol. The normalized spacial score (nSPS) is 12.0. The molecule has 1 aromatic heterocycles. The number of aromatic nitrogens is 1. The summed E-state index contributed by atoms with van der Waals surface area (Å²) >= 11 is 0. The molecule has 2 N–H and O–H groups in total. The Morgan fingerprint density at radius 1 is 1.00 bits per heavy atom. The third-order valence-corrected chi connectivity index (χ3v) is 5.61. The molecule has 0 saturated carbocycles. The highest BCUT2D eigenvalue weighted by Gasteiger charge is 2.23. The first-order valence-corrected chi connectivity index (χ1v) is 11.3. The highest BCUT2D eigenvalue weighted by Crippen LogP contribution is 2.25. The number of rotatable bonds is 9. The van der Waals surface area contributed by atoms with E-state index in [1.807, 2.05) is 31.1 Å². The fourth-order valence-electron chi connectivity index (χ4n) is 3.70. The zero-order valence-electron chi connectivity index (χ0n) is 19.6. The molecular weight excluding hydrogens is 447 g/mol. The van der Waals surface area contributed by atoms with Crippen LogP contribution in [0.3, 0.4) is 0 Å². The van der Waals surface area contributed by atoms with E-state index in [-0.39, 0.29) is 23.6 Å². The fraction of sp³-hybridized carbons (Fsp3) is 0.222. The van der Waals surface area contributed by atoms with Crippen LogP contribution in [-0.2, 0) is 11.2 Å². The largest absolute Gasteiger partial charge is 0.423 e. The number of nitrogens with one attached hydrogen (secondary N) is 2. The maximum Gasteiger partial charge on any atom is 0.302 e. The van der Waals surface area contributed by atoms with E-state index in [2.05, 4.69) is 15.6 Å². The average molecular weight is 475 g/mol. The summed E-state index contributed by atoms with van der Waals surface area (Å²) in [5.74, 6) is -1.44. The summed E-state index contributed by atoms with van der Waals surface area (Å²) in [5.41, 5.74) is 3.24. The van der Waals surface area contributed by atoms with Gasteiger partial charge in [-0.2, -0.15) is 4.98 Å². The number of para-hydroxylation sites is 2. The van der Waals surface area contributed by atoms with Gasteiger partial charge in [-0.15, -0.1) is 0 Å². The first kappa shape index (κ1) is 24.1. The van der Waals surface area contributed by atoms with Gasteiger partial charge in [0.1, 0.15) is 11.3 Å². The number of carbonyl (C=O) groups is 2. The monoisotopic (exact) mass is 474 g/mol. The van der Waals surface area contributed by atoms with Gasteiger partial charge in [-0.25, -0.2) is 4.39 Å². The van der Waals surface area contributed by atoms with Crippen LogP contribution in [0.4, 0.5) is 10.4 Å². The third-order valence-electron chi connectivity index (χ3n) is 5.61. The Labute approximate surface area is 203 Å². The van der Waals surface area contributed by atoms with E-state index in [0.29, 0.717) is 35.2 Å². The van der Waals surface area contributed by atoms with Crippen LogP contribution in [0.25, 0.3) is 11.1 Å². The SMILES string of the molecule is CN(C)CCNC(=O)c1ccc(C(Cc2ccc(F)cc2)C(=O)Nc2nc3ccccc3o2)cc1. The van der Waals surface area contributed by atoms with Crippen LogP contribution in [0, 0.1) is 5.82 Å². The van der Waals surface area contributed by atoms with Gasteiger partial charge < -0.3 is 14.6 Å². The second-order valence-corrected chi connectivity index (χ2v) is 8.54. The van der Waals surface area contributed by atoms with Gasteiger partial charge in [0.05, 0.1) is 5.92 Å². The van der Waals surface area contributed by atoms with Crippen molar-refractivity contribution in [2.75, 3.05) is 32.5 Å². The summed E-state index contributed by atoms with van der Waals surface area (Å²) in [4.78, 5) is 32.0. The summed E-state index contributed by atoms with van der Waals surface area (Å²) in [6.07, 6.45) is 0.334. The molecule has 180 valence electrons. The van der Waals surface area contributed by atoms with E-state index in [4.69, 9.17) is 4.42 Å².